The fourth-order valence-electron chi connectivity index (χ4n) is 0.341. The van der Waals surface area contributed by atoms with E-state index in [9.17, 15) is 0 Å². The lowest BCUT2D eigenvalue weighted by Gasteiger charge is -1.82. The molecule has 0 saturated carbocycles. The van der Waals surface area contributed by atoms with Crippen LogP contribution in [-0.2, 0) is 0 Å². The number of nitrogens with two attached hydrogens (primary N) is 1. The maximum atomic E-state index is 5.28. The quantitative estimate of drug-likeness (QED) is 0.547. The maximum Gasteiger partial charge on any atom is 0.118 e. The van der Waals surface area contributed by atoms with Crippen molar-refractivity contribution in [2.24, 2.45) is 5.73 Å². The van der Waals surface area contributed by atoms with Gasteiger partial charge in [-0.05, 0) is 6.92 Å². The Kier molecular flexibility index (Phi) is 4.37. The Labute approximate surface area is 46.3 Å². The van der Waals surface area contributed by atoms with Crippen LogP contribution in [0.25, 0.3) is 0 Å². The van der Waals surface area contributed by atoms with Crippen LogP contribution < -0.4 is 5.73 Å². The zero-order chi connectivity index (χ0) is 5.70. The molecular formula is C5H13NP+. The second-order valence-electron chi connectivity index (χ2n) is 1.50. The Morgan fingerprint density at radius 1 is 1.71 bits per heavy atom. The van der Waals surface area contributed by atoms with Gasteiger partial charge in [-0.2, -0.15) is 0 Å². The minimum Gasteiger partial charge on any atom is -0.327 e. The van der Waals surface area contributed by atoms with E-state index in [1.807, 2.05) is 0 Å². The summed E-state index contributed by atoms with van der Waals surface area (Å²) in [6, 6.07) is 0. The summed E-state index contributed by atoms with van der Waals surface area (Å²) >= 11 is 0. The topological polar surface area (TPSA) is 26.0 Å². The molecule has 0 spiro atoms. The molecule has 0 aromatic carbocycles. The van der Waals surface area contributed by atoms with Crippen molar-refractivity contribution in [2.45, 2.75) is 6.92 Å². The summed E-state index contributed by atoms with van der Waals surface area (Å²) in [5.74, 6) is 0. The monoisotopic (exact) mass is 118 g/mol. The van der Waals surface area contributed by atoms with Gasteiger partial charge in [0.25, 0.3) is 0 Å². The fraction of sp³-hybridized carbons (Fsp3) is 0.800. The van der Waals surface area contributed by atoms with Crippen molar-refractivity contribution in [3.05, 3.63) is 0 Å². The van der Waals surface area contributed by atoms with Crippen LogP contribution in [0.1, 0.15) is 6.92 Å². The van der Waals surface area contributed by atoms with Crippen LogP contribution >= 0.6 is 7.55 Å². The predicted molar refractivity (Wildman–Crippen MR) is 38.5 cm³/mol. The molecule has 2 N–H and O–H groups in total. The van der Waals surface area contributed by atoms with E-state index in [4.69, 9.17) is 5.73 Å². The third-order valence-electron chi connectivity index (χ3n) is 0.893. The van der Waals surface area contributed by atoms with Gasteiger partial charge in [0.1, 0.15) is 12.3 Å². The molecule has 42 valence electrons. The van der Waals surface area contributed by atoms with E-state index in [1.54, 1.807) is 0 Å². The zero-order valence-corrected chi connectivity index (χ0v) is 5.75. The van der Waals surface area contributed by atoms with Crippen LogP contribution in [0.5, 0.6) is 0 Å². The molecule has 1 unspecified atom stereocenters. The Morgan fingerprint density at radius 3 is 2.43 bits per heavy atom. The second kappa shape index (κ2) is 4.29. The molecule has 0 fully saturated rings. The van der Waals surface area contributed by atoms with Gasteiger partial charge in [-0.25, -0.2) is 0 Å². The highest BCUT2D eigenvalue weighted by Gasteiger charge is 1.96. The number of hydrogen-bond acceptors (Lipinski definition) is 1. The first-order chi connectivity index (χ1) is 3.31. The van der Waals surface area contributed by atoms with Crippen LogP contribution in [0, 0.1) is 0 Å². The molecule has 0 aliphatic heterocycles. The highest BCUT2D eigenvalue weighted by atomic mass is 31.1. The molecule has 0 saturated heterocycles. The van der Waals surface area contributed by atoms with Crippen molar-refractivity contribution in [3.8, 4) is 0 Å². The summed E-state index contributed by atoms with van der Waals surface area (Å²) in [6.07, 6.45) is 6.28. The van der Waals surface area contributed by atoms with Crippen LogP contribution in [0.15, 0.2) is 0 Å². The van der Waals surface area contributed by atoms with Gasteiger partial charge in [0, 0.05) is 6.54 Å². The fourth-order valence-corrected chi connectivity index (χ4v) is 1.02. The Hall–Kier alpha value is 0.130. The van der Waals surface area contributed by atoms with E-state index < -0.39 is 0 Å². The summed E-state index contributed by atoms with van der Waals surface area (Å²) < 4.78 is 0. The summed E-state index contributed by atoms with van der Waals surface area (Å²) in [4.78, 5) is 0. The second-order valence-corrected chi connectivity index (χ2v) is 3.92. The average molecular weight is 118 g/mol. The molecule has 0 aliphatic carbocycles. The molecule has 0 aromatic heterocycles. The molecule has 0 aromatic rings. The maximum absolute atomic E-state index is 5.28. The first-order valence-corrected chi connectivity index (χ1v) is 4.46. The number of rotatable bonds is 3. The van der Waals surface area contributed by atoms with Gasteiger partial charge >= 0.3 is 0 Å². The lowest BCUT2D eigenvalue weighted by Crippen LogP contribution is -2.01. The lowest BCUT2D eigenvalue weighted by atomic mass is 10.8. The van der Waals surface area contributed by atoms with Crippen molar-refractivity contribution in [1.82, 2.24) is 0 Å². The van der Waals surface area contributed by atoms with E-state index in [-0.39, 0.29) is 7.55 Å². The van der Waals surface area contributed by atoms with Gasteiger partial charge in [0.2, 0.25) is 0 Å². The largest absolute Gasteiger partial charge is 0.327 e. The number of hydrogen-bond donors (Lipinski definition) is 1. The van der Waals surface area contributed by atoms with E-state index in [0.29, 0.717) is 0 Å². The lowest BCUT2D eigenvalue weighted by molar-refractivity contribution is 1.14. The molecule has 0 aliphatic rings. The van der Waals surface area contributed by atoms with Crippen molar-refractivity contribution in [3.63, 3.8) is 0 Å². The highest BCUT2D eigenvalue weighted by Crippen LogP contribution is 2.15. The van der Waals surface area contributed by atoms with E-state index in [2.05, 4.69) is 13.2 Å². The van der Waals surface area contributed by atoms with E-state index in [0.717, 1.165) is 12.7 Å². The molecule has 0 radical (unpaired) electrons. The van der Waals surface area contributed by atoms with Crippen LogP contribution in [-0.4, -0.2) is 25.2 Å². The Bertz CT molecular complexity index is 61.1. The Morgan fingerprint density at radius 2 is 2.29 bits per heavy atom. The molecule has 7 heavy (non-hydrogen) atoms. The van der Waals surface area contributed by atoms with Crippen molar-refractivity contribution >= 4 is 13.8 Å². The van der Waals surface area contributed by atoms with Crippen molar-refractivity contribution in [1.29, 1.82) is 0 Å². The molecule has 1 nitrogen and oxygen atoms in total. The molecule has 1 atom stereocenters. The minimum absolute atomic E-state index is 0.0466. The van der Waals surface area contributed by atoms with Gasteiger partial charge in [-0.15, -0.1) is 0 Å². The van der Waals surface area contributed by atoms with Gasteiger partial charge in [-0.3, -0.25) is 0 Å². The molecule has 0 heterocycles. The normalized spacial score (nSPS) is 11.4. The standard InChI is InChI=1S/C5H13NP/c1-3-7(2)5-4-6/h2-6H2,1H3/q+1. The first kappa shape index (κ1) is 7.13. The minimum atomic E-state index is 0.0466. The van der Waals surface area contributed by atoms with Crippen LogP contribution in [0.4, 0.5) is 0 Å². The summed E-state index contributed by atoms with van der Waals surface area (Å²) in [7, 11) is 0.0466. The molecule has 0 amide bonds. The van der Waals surface area contributed by atoms with Gasteiger partial charge in [0.15, 0.2) is 0 Å². The van der Waals surface area contributed by atoms with Crippen LogP contribution in [0.2, 0.25) is 0 Å². The summed E-state index contributed by atoms with van der Waals surface area (Å²) in [5, 5.41) is 0. The molecular weight excluding hydrogens is 105 g/mol. The molecule has 0 bridgehead atoms. The van der Waals surface area contributed by atoms with E-state index in [1.165, 1.54) is 6.16 Å². The van der Waals surface area contributed by atoms with Crippen molar-refractivity contribution in [2.75, 3.05) is 18.9 Å². The van der Waals surface area contributed by atoms with Gasteiger partial charge < -0.3 is 5.73 Å². The predicted octanol–water partition coefficient (Wildman–Crippen LogP) is 0.879. The Balaban J connectivity index is 3.00. The van der Waals surface area contributed by atoms with Crippen molar-refractivity contribution < 1.29 is 0 Å². The SMILES string of the molecule is C=[P+](CC)CCN. The molecule has 0 rings (SSSR count). The van der Waals surface area contributed by atoms with E-state index >= 15 is 0 Å². The highest BCUT2D eigenvalue weighted by molar-refractivity contribution is 7.55. The molecule has 2 heteroatoms. The first-order valence-electron chi connectivity index (χ1n) is 2.56. The van der Waals surface area contributed by atoms with Crippen LogP contribution in [0.3, 0.4) is 0 Å². The third kappa shape index (κ3) is 3.97. The average Bonchev–Trinajstić information content (AvgIpc) is 1.68. The summed E-state index contributed by atoms with van der Waals surface area (Å²) in [6.45, 7) is 2.97. The zero-order valence-electron chi connectivity index (χ0n) is 4.85. The van der Waals surface area contributed by atoms with Gasteiger partial charge in [-0.1, -0.05) is 0 Å². The van der Waals surface area contributed by atoms with Gasteiger partial charge in [0.05, 0.1) is 13.8 Å². The third-order valence-corrected chi connectivity index (χ3v) is 2.68. The smallest absolute Gasteiger partial charge is 0.118 e. The summed E-state index contributed by atoms with van der Waals surface area (Å²) in [5.41, 5.74) is 5.28.